The minimum absolute atomic E-state index is 0.184. The lowest BCUT2D eigenvalue weighted by Gasteiger charge is -2.23. The Kier molecular flexibility index (Phi) is 2.89. The van der Waals surface area contributed by atoms with Crippen molar-refractivity contribution in [3.05, 3.63) is 28.8 Å². The van der Waals surface area contributed by atoms with Gasteiger partial charge in [-0.3, -0.25) is 0 Å². The maximum absolute atomic E-state index is 5.36. The Morgan fingerprint density at radius 1 is 1.07 bits per heavy atom. The van der Waals surface area contributed by atoms with Crippen molar-refractivity contribution in [1.29, 1.82) is 0 Å². The van der Waals surface area contributed by atoms with E-state index in [-0.39, 0.29) is 5.41 Å². The predicted octanol–water partition coefficient (Wildman–Crippen LogP) is 3.61. The number of benzene rings is 1. The van der Waals surface area contributed by atoms with Gasteiger partial charge in [0.25, 0.3) is 0 Å². The van der Waals surface area contributed by atoms with Crippen molar-refractivity contribution in [2.45, 2.75) is 40.0 Å². The number of ether oxygens (including phenoxy) is 1. The summed E-state index contributed by atoms with van der Waals surface area (Å²) in [6.45, 7) is 10.9. The van der Waals surface area contributed by atoms with Crippen LogP contribution in [-0.2, 0) is 5.41 Å². The molecule has 1 aromatic carbocycles. The van der Waals surface area contributed by atoms with Gasteiger partial charge in [-0.25, -0.2) is 0 Å². The van der Waals surface area contributed by atoms with Crippen LogP contribution in [0.25, 0.3) is 0 Å². The summed E-state index contributed by atoms with van der Waals surface area (Å²) in [6.07, 6.45) is 0. The second-order valence-electron chi connectivity index (χ2n) is 4.89. The molecule has 0 atom stereocenters. The van der Waals surface area contributed by atoms with E-state index in [2.05, 4.69) is 46.8 Å². The molecule has 0 spiro atoms. The van der Waals surface area contributed by atoms with Crippen LogP contribution in [0.15, 0.2) is 12.1 Å². The molecule has 0 aromatic heterocycles. The van der Waals surface area contributed by atoms with E-state index in [1.54, 1.807) is 7.11 Å². The maximum Gasteiger partial charge on any atom is 0.122 e. The molecular formula is C13H20O. The number of methoxy groups -OCH3 is 1. The molecule has 0 aliphatic heterocycles. The normalized spacial score (nSPS) is 11.6. The first-order valence-electron chi connectivity index (χ1n) is 5.02. The standard InChI is InChI=1S/C13H20O/c1-9-7-11(13(3,4)5)10(2)12(8-9)14-6/h7-8H,1-6H3. The van der Waals surface area contributed by atoms with E-state index in [1.807, 2.05) is 0 Å². The fourth-order valence-corrected chi connectivity index (χ4v) is 1.82. The van der Waals surface area contributed by atoms with Crippen molar-refractivity contribution in [3.63, 3.8) is 0 Å². The minimum Gasteiger partial charge on any atom is -0.496 e. The molecule has 0 aliphatic rings. The SMILES string of the molecule is COc1cc(C)cc(C(C)(C)C)c1C. The Bertz CT molecular complexity index is 332. The highest BCUT2D eigenvalue weighted by molar-refractivity contribution is 5.45. The van der Waals surface area contributed by atoms with E-state index in [0.29, 0.717) is 0 Å². The van der Waals surface area contributed by atoms with Gasteiger partial charge in [-0.15, -0.1) is 0 Å². The molecule has 1 rings (SSSR count). The smallest absolute Gasteiger partial charge is 0.122 e. The molecule has 14 heavy (non-hydrogen) atoms. The summed E-state index contributed by atoms with van der Waals surface area (Å²) in [6, 6.07) is 4.34. The van der Waals surface area contributed by atoms with Crippen LogP contribution in [-0.4, -0.2) is 7.11 Å². The summed E-state index contributed by atoms with van der Waals surface area (Å²) in [7, 11) is 1.73. The molecular weight excluding hydrogens is 172 g/mol. The van der Waals surface area contributed by atoms with Crippen molar-refractivity contribution in [3.8, 4) is 5.75 Å². The number of rotatable bonds is 1. The molecule has 1 heteroatoms. The largest absolute Gasteiger partial charge is 0.496 e. The number of hydrogen-bond acceptors (Lipinski definition) is 1. The molecule has 1 aromatic rings. The van der Waals surface area contributed by atoms with Crippen LogP contribution in [0, 0.1) is 13.8 Å². The zero-order valence-electron chi connectivity index (χ0n) is 10.1. The first-order valence-corrected chi connectivity index (χ1v) is 5.02. The molecule has 0 unspecified atom stereocenters. The zero-order chi connectivity index (χ0) is 10.9. The Balaban J connectivity index is 3.37. The van der Waals surface area contributed by atoms with Crippen LogP contribution in [0.2, 0.25) is 0 Å². The third-order valence-electron chi connectivity index (χ3n) is 2.53. The van der Waals surface area contributed by atoms with Gasteiger partial charge in [0.15, 0.2) is 0 Å². The fourth-order valence-electron chi connectivity index (χ4n) is 1.82. The molecule has 0 bridgehead atoms. The summed E-state index contributed by atoms with van der Waals surface area (Å²) in [5, 5.41) is 0. The Hall–Kier alpha value is -0.980. The second kappa shape index (κ2) is 3.64. The fraction of sp³-hybridized carbons (Fsp3) is 0.538. The molecule has 0 fully saturated rings. The molecule has 0 aliphatic carbocycles. The van der Waals surface area contributed by atoms with Crippen LogP contribution in [0.4, 0.5) is 0 Å². The highest BCUT2D eigenvalue weighted by atomic mass is 16.5. The van der Waals surface area contributed by atoms with Gasteiger partial charge >= 0.3 is 0 Å². The van der Waals surface area contributed by atoms with Gasteiger partial charge in [-0.1, -0.05) is 26.8 Å². The third kappa shape index (κ3) is 2.09. The molecule has 0 N–H and O–H groups in total. The molecule has 0 amide bonds. The third-order valence-corrected chi connectivity index (χ3v) is 2.53. The molecule has 0 saturated carbocycles. The highest BCUT2D eigenvalue weighted by Gasteiger charge is 2.18. The predicted molar refractivity (Wildman–Crippen MR) is 61.2 cm³/mol. The summed E-state index contributed by atoms with van der Waals surface area (Å²) < 4.78 is 5.36. The highest BCUT2D eigenvalue weighted by Crippen LogP contribution is 2.32. The minimum atomic E-state index is 0.184. The summed E-state index contributed by atoms with van der Waals surface area (Å²) in [4.78, 5) is 0. The number of aryl methyl sites for hydroxylation is 1. The maximum atomic E-state index is 5.36. The van der Waals surface area contributed by atoms with Crippen molar-refractivity contribution in [2.24, 2.45) is 0 Å². The molecule has 0 heterocycles. The first-order chi connectivity index (χ1) is 6.36. The molecule has 78 valence electrons. The van der Waals surface area contributed by atoms with Crippen LogP contribution >= 0.6 is 0 Å². The van der Waals surface area contributed by atoms with Gasteiger partial charge in [0.1, 0.15) is 5.75 Å². The lowest BCUT2D eigenvalue weighted by Crippen LogP contribution is -2.14. The van der Waals surface area contributed by atoms with Crippen molar-refractivity contribution >= 4 is 0 Å². The average molecular weight is 192 g/mol. The quantitative estimate of drug-likeness (QED) is 0.660. The second-order valence-corrected chi connectivity index (χ2v) is 4.89. The van der Waals surface area contributed by atoms with Gasteiger partial charge < -0.3 is 4.74 Å². The van der Waals surface area contributed by atoms with E-state index >= 15 is 0 Å². The van der Waals surface area contributed by atoms with Crippen molar-refractivity contribution in [1.82, 2.24) is 0 Å². The Morgan fingerprint density at radius 2 is 1.64 bits per heavy atom. The zero-order valence-corrected chi connectivity index (χ0v) is 10.1. The monoisotopic (exact) mass is 192 g/mol. The van der Waals surface area contributed by atoms with E-state index in [1.165, 1.54) is 16.7 Å². The van der Waals surface area contributed by atoms with Crippen LogP contribution in [0.1, 0.15) is 37.5 Å². The van der Waals surface area contributed by atoms with Crippen molar-refractivity contribution in [2.75, 3.05) is 7.11 Å². The van der Waals surface area contributed by atoms with Crippen LogP contribution in [0.3, 0.4) is 0 Å². The van der Waals surface area contributed by atoms with Gasteiger partial charge in [-0.05, 0) is 42.0 Å². The van der Waals surface area contributed by atoms with E-state index in [9.17, 15) is 0 Å². The van der Waals surface area contributed by atoms with Gasteiger partial charge in [0.2, 0.25) is 0 Å². The lowest BCUT2D eigenvalue weighted by atomic mass is 9.83. The van der Waals surface area contributed by atoms with Gasteiger partial charge in [0, 0.05) is 0 Å². The van der Waals surface area contributed by atoms with E-state index < -0.39 is 0 Å². The summed E-state index contributed by atoms with van der Waals surface area (Å²) in [5.74, 6) is 0.995. The van der Waals surface area contributed by atoms with E-state index in [0.717, 1.165) is 5.75 Å². The Morgan fingerprint density at radius 3 is 2.07 bits per heavy atom. The molecule has 0 radical (unpaired) electrons. The lowest BCUT2D eigenvalue weighted by molar-refractivity contribution is 0.408. The van der Waals surface area contributed by atoms with Crippen LogP contribution in [0.5, 0.6) is 5.75 Å². The Labute approximate surface area is 87.1 Å². The summed E-state index contributed by atoms with van der Waals surface area (Å²) >= 11 is 0. The van der Waals surface area contributed by atoms with Gasteiger partial charge in [-0.2, -0.15) is 0 Å². The first kappa shape index (κ1) is 11.1. The van der Waals surface area contributed by atoms with Crippen LogP contribution < -0.4 is 4.74 Å². The van der Waals surface area contributed by atoms with E-state index in [4.69, 9.17) is 4.74 Å². The topological polar surface area (TPSA) is 9.23 Å². The van der Waals surface area contributed by atoms with Gasteiger partial charge in [0.05, 0.1) is 7.11 Å². The molecule has 0 saturated heterocycles. The average Bonchev–Trinajstić information content (AvgIpc) is 2.06. The summed E-state index contributed by atoms with van der Waals surface area (Å²) in [5.41, 5.74) is 4.07. The number of hydrogen-bond donors (Lipinski definition) is 0. The van der Waals surface area contributed by atoms with Crippen molar-refractivity contribution < 1.29 is 4.74 Å². The molecule has 1 nitrogen and oxygen atoms in total.